The molecule has 2 heterocycles. The second-order valence-corrected chi connectivity index (χ2v) is 7.73. The molecule has 3 rings (SSSR count). The molecule has 1 aliphatic rings. The minimum Gasteiger partial charge on any atom is -0.484 e. The summed E-state index contributed by atoms with van der Waals surface area (Å²) in [4.78, 5) is 24.3. The lowest BCUT2D eigenvalue weighted by Crippen LogP contribution is -2.50. The minimum atomic E-state index is -4.40. The Labute approximate surface area is 166 Å². The first kappa shape index (κ1) is 20.9. The van der Waals surface area contributed by atoms with Crippen molar-refractivity contribution in [2.24, 2.45) is 0 Å². The van der Waals surface area contributed by atoms with Crippen molar-refractivity contribution < 1.29 is 27.4 Å². The number of aromatic nitrogens is 2. The SMILES string of the molecule is CC(C)(C)OC(=O)N1CCN(c2ncnc3cc(OCC(F)(F)F)ccc23)CC1. The van der Waals surface area contributed by atoms with Gasteiger partial charge in [0, 0.05) is 37.6 Å². The molecule has 0 radical (unpaired) electrons. The van der Waals surface area contributed by atoms with Gasteiger partial charge in [-0.05, 0) is 32.9 Å². The Balaban J connectivity index is 1.70. The molecule has 0 N–H and O–H groups in total. The number of piperazine rings is 1. The molecule has 0 bridgehead atoms. The molecule has 29 heavy (non-hydrogen) atoms. The van der Waals surface area contributed by atoms with Crippen molar-refractivity contribution in [2.75, 3.05) is 37.7 Å². The zero-order chi connectivity index (χ0) is 21.2. The summed E-state index contributed by atoms with van der Waals surface area (Å²) in [5, 5.41) is 0.706. The van der Waals surface area contributed by atoms with Crippen molar-refractivity contribution in [3.8, 4) is 5.75 Å². The van der Waals surface area contributed by atoms with Crippen LogP contribution in [0.4, 0.5) is 23.8 Å². The average Bonchev–Trinajstić information content (AvgIpc) is 2.64. The van der Waals surface area contributed by atoms with Gasteiger partial charge in [-0.15, -0.1) is 0 Å². The Morgan fingerprint density at radius 3 is 2.41 bits per heavy atom. The van der Waals surface area contributed by atoms with Crippen LogP contribution in [0.15, 0.2) is 24.5 Å². The summed E-state index contributed by atoms with van der Waals surface area (Å²) < 4.78 is 47.2. The van der Waals surface area contributed by atoms with E-state index in [1.54, 1.807) is 11.0 Å². The van der Waals surface area contributed by atoms with Crippen LogP contribution in [0, 0.1) is 0 Å². The number of carbonyl (C=O) groups is 1. The summed E-state index contributed by atoms with van der Waals surface area (Å²) in [7, 11) is 0. The number of rotatable bonds is 3. The third-order valence-electron chi connectivity index (χ3n) is 4.22. The second-order valence-electron chi connectivity index (χ2n) is 7.73. The third-order valence-corrected chi connectivity index (χ3v) is 4.22. The van der Waals surface area contributed by atoms with Crippen molar-refractivity contribution in [2.45, 2.75) is 32.5 Å². The molecular formula is C19H23F3N4O3. The molecule has 0 spiro atoms. The molecule has 0 aliphatic carbocycles. The summed E-state index contributed by atoms with van der Waals surface area (Å²) in [6, 6.07) is 4.58. The number of benzene rings is 1. The predicted octanol–water partition coefficient (Wildman–Crippen LogP) is 3.63. The number of alkyl halides is 3. The molecule has 1 fully saturated rings. The number of amides is 1. The quantitative estimate of drug-likeness (QED) is 0.767. The molecule has 0 atom stereocenters. The molecule has 10 heteroatoms. The fourth-order valence-corrected chi connectivity index (χ4v) is 2.96. The number of anilines is 1. The number of halogens is 3. The molecule has 1 aromatic carbocycles. The lowest BCUT2D eigenvalue weighted by Gasteiger charge is -2.36. The van der Waals surface area contributed by atoms with Crippen LogP contribution in [0.1, 0.15) is 20.8 Å². The largest absolute Gasteiger partial charge is 0.484 e. The Bertz CT molecular complexity index is 875. The fraction of sp³-hybridized carbons (Fsp3) is 0.526. The summed E-state index contributed by atoms with van der Waals surface area (Å²) in [5.41, 5.74) is -0.0626. The van der Waals surface area contributed by atoms with Crippen LogP contribution in [0.25, 0.3) is 10.9 Å². The van der Waals surface area contributed by atoms with Crippen LogP contribution in [0.2, 0.25) is 0 Å². The van der Waals surface area contributed by atoms with Crippen LogP contribution >= 0.6 is 0 Å². The predicted molar refractivity (Wildman–Crippen MR) is 101 cm³/mol. The number of ether oxygens (including phenoxy) is 2. The summed E-state index contributed by atoms with van der Waals surface area (Å²) in [6.07, 6.45) is -3.39. The number of carbonyl (C=O) groups excluding carboxylic acids is 1. The highest BCUT2D eigenvalue weighted by atomic mass is 19.4. The lowest BCUT2D eigenvalue weighted by atomic mass is 10.2. The first-order valence-corrected chi connectivity index (χ1v) is 9.19. The highest BCUT2D eigenvalue weighted by molar-refractivity contribution is 5.90. The van der Waals surface area contributed by atoms with E-state index in [0.717, 1.165) is 0 Å². The smallest absolute Gasteiger partial charge is 0.422 e. The first-order valence-electron chi connectivity index (χ1n) is 9.19. The Kier molecular flexibility index (Phi) is 5.72. The number of nitrogens with zero attached hydrogens (tertiary/aromatic N) is 4. The van der Waals surface area contributed by atoms with E-state index in [9.17, 15) is 18.0 Å². The van der Waals surface area contributed by atoms with Crippen LogP contribution in [-0.2, 0) is 4.74 Å². The normalized spacial score (nSPS) is 15.5. The van der Waals surface area contributed by atoms with E-state index >= 15 is 0 Å². The van der Waals surface area contributed by atoms with Crippen LogP contribution in [0.5, 0.6) is 5.75 Å². The van der Waals surface area contributed by atoms with Crippen molar-refractivity contribution >= 4 is 22.8 Å². The Morgan fingerprint density at radius 1 is 1.10 bits per heavy atom. The van der Waals surface area contributed by atoms with Crippen LogP contribution in [0.3, 0.4) is 0 Å². The number of hydrogen-bond donors (Lipinski definition) is 0. The van der Waals surface area contributed by atoms with Gasteiger partial charge in [-0.3, -0.25) is 0 Å². The van der Waals surface area contributed by atoms with E-state index in [4.69, 9.17) is 9.47 Å². The van der Waals surface area contributed by atoms with Gasteiger partial charge in [0.05, 0.1) is 5.52 Å². The van der Waals surface area contributed by atoms with Gasteiger partial charge in [0.2, 0.25) is 0 Å². The molecule has 158 valence electrons. The summed E-state index contributed by atoms with van der Waals surface area (Å²) in [5.74, 6) is 0.760. The third kappa shape index (κ3) is 5.61. The molecule has 7 nitrogen and oxygen atoms in total. The molecular weight excluding hydrogens is 389 g/mol. The standard InChI is InChI=1S/C19H23F3N4O3/c1-18(2,3)29-17(27)26-8-6-25(7-9-26)16-14-5-4-13(28-11-19(20,21)22)10-15(14)23-12-24-16/h4-5,10,12H,6-9,11H2,1-3H3. The fourth-order valence-electron chi connectivity index (χ4n) is 2.96. The highest BCUT2D eigenvalue weighted by Crippen LogP contribution is 2.28. The summed E-state index contributed by atoms with van der Waals surface area (Å²) in [6.45, 7) is 6.17. The minimum absolute atomic E-state index is 0.0919. The molecule has 1 aliphatic heterocycles. The van der Waals surface area contributed by atoms with E-state index in [1.165, 1.54) is 18.5 Å². The topological polar surface area (TPSA) is 67.8 Å². The number of fused-ring (bicyclic) bond motifs is 1. The Hall–Kier alpha value is -2.78. The zero-order valence-corrected chi connectivity index (χ0v) is 16.5. The average molecular weight is 412 g/mol. The maximum Gasteiger partial charge on any atom is 0.422 e. The lowest BCUT2D eigenvalue weighted by molar-refractivity contribution is -0.153. The maximum atomic E-state index is 12.3. The van der Waals surface area contributed by atoms with Gasteiger partial charge >= 0.3 is 12.3 Å². The van der Waals surface area contributed by atoms with E-state index in [0.29, 0.717) is 42.9 Å². The van der Waals surface area contributed by atoms with Crippen molar-refractivity contribution in [3.63, 3.8) is 0 Å². The highest BCUT2D eigenvalue weighted by Gasteiger charge is 2.29. The zero-order valence-electron chi connectivity index (χ0n) is 16.5. The van der Waals surface area contributed by atoms with E-state index in [-0.39, 0.29) is 11.8 Å². The van der Waals surface area contributed by atoms with Crippen molar-refractivity contribution in [1.29, 1.82) is 0 Å². The van der Waals surface area contributed by atoms with Gasteiger partial charge in [-0.1, -0.05) is 0 Å². The molecule has 1 amide bonds. The van der Waals surface area contributed by atoms with E-state index in [1.807, 2.05) is 25.7 Å². The van der Waals surface area contributed by atoms with E-state index < -0.39 is 18.4 Å². The molecule has 0 unspecified atom stereocenters. The number of hydrogen-bond acceptors (Lipinski definition) is 6. The second kappa shape index (κ2) is 7.92. The van der Waals surface area contributed by atoms with E-state index in [2.05, 4.69) is 9.97 Å². The van der Waals surface area contributed by atoms with Gasteiger partial charge in [0.15, 0.2) is 6.61 Å². The van der Waals surface area contributed by atoms with Gasteiger partial charge < -0.3 is 19.3 Å². The van der Waals surface area contributed by atoms with Gasteiger partial charge in [0.25, 0.3) is 0 Å². The van der Waals surface area contributed by atoms with Crippen LogP contribution < -0.4 is 9.64 Å². The molecule has 1 saturated heterocycles. The maximum absolute atomic E-state index is 12.3. The molecule has 2 aromatic rings. The van der Waals surface area contributed by atoms with Gasteiger partial charge in [-0.2, -0.15) is 13.2 Å². The van der Waals surface area contributed by atoms with Gasteiger partial charge in [0.1, 0.15) is 23.5 Å². The first-order chi connectivity index (χ1) is 13.5. The monoisotopic (exact) mass is 412 g/mol. The van der Waals surface area contributed by atoms with Gasteiger partial charge in [-0.25, -0.2) is 14.8 Å². The van der Waals surface area contributed by atoms with Crippen LogP contribution in [-0.4, -0.2) is 65.5 Å². The molecule has 0 saturated carbocycles. The Morgan fingerprint density at radius 2 is 1.79 bits per heavy atom. The van der Waals surface area contributed by atoms with Crippen molar-refractivity contribution in [1.82, 2.24) is 14.9 Å². The molecule has 1 aromatic heterocycles. The summed E-state index contributed by atoms with van der Waals surface area (Å²) >= 11 is 0. The van der Waals surface area contributed by atoms with Crippen molar-refractivity contribution in [3.05, 3.63) is 24.5 Å².